The van der Waals surface area contributed by atoms with Gasteiger partial charge in [-0.15, -0.1) is 0 Å². The lowest BCUT2D eigenvalue weighted by Gasteiger charge is -2.00. The molecule has 0 radical (unpaired) electrons. The molecule has 1 aliphatic carbocycles. The topological polar surface area (TPSA) is 41.8 Å². The summed E-state index contributed by atoms with van der Waals surface area (Å²) in [5.41, 5.74) is 8.99. The van der Waals surface area contributed by atoms with Gasteiger partial charge >= 0.3 is 0 Å². The Morgan fingerprint density at radius 1 is 1.45 bits per heavy atom. The molecule has 0 saturated carbocycles. The molecule has 1 aromatic heterocycles. The maximum absolute atomic E-state index is 5.66. The first-order valence-corrected chi connectivity index (χ1v) is 4.19. The van der Waals surface area contributed by atoms with Gasteiger partial charge in [0.1, 0.15) is 4.64 Å². The summed E-state index contributed by atoms with van der Waals surface area (Å²) in [6.07, 6.45) is 3.50. The molecule has 3 N–H and O–H groups in total. The number of aryl methyl sites for hydroxylation is 2. The molecular weight excluding hydrogens is 156 g/mol. The zero-order valence-corrected chi connectivity index (χ0v) is 7.00. The predicted octanol–water partition coefficient (Wildman–Crippen LogP) is 1.82. The van der Waals surface area contributed by atoms with E-state index in [4.69, 9.17) is 18.0 Å². The van der Waals surface area contributed by atoms with Gasteiger partial charge < -0.3 is 10.7 Å². The van der Waals surface area contributed by atoms with Crippen molar-refractivity contribution in [2.45, 2.75) is 19.3 Å². The van der Waals surface area contributed by atoms with Gasteiger partial charge in [-0.05, 0) is 30.9 Å². The van der Waals surface area contributed by atoms with E-state index in [0.29, 0.717) is 10.3 Å². The third-order valence-corrected chi connectivity index (χ3v) is 2.45. The van der Waals surface area contributed by atoms with Crippen molar-refractivity contribution in [3.8, 4) is 0 Å². The Labute approximate surface area is 70.4 Å². The summed E-state index contributed by atoms with van der Waals surface area (Å²) in [5.74, 6) is 0. The molecule has 0 saturated heterocycles. The van der Waals surface area contributed by atoms with Gasteiger partial charge in [0.25, 0.3) is 0 Å². The first-order chi connectivity index (χ1) is 5.27. The second kappa shape index (κ2) is 2.34. The number of H-pyrrole nitrogens is 1. The maximum Gasteiger partial charge on any atom is 0.126 e. The van der Waals surface area contributed by atoms with Crippen LogP contribution in [0, 0.1) is 4.64 Å². The number of nitrogen functional groups attached to an aromatic ring is 1. The minimum absolute atomic E-state index is 0.686. The van der Waals surface area contributed by atoms with Crippen LogP contribution in [-0.2, 0) is 12.8 Å². The normalized spacial score (nSPS) is 14.9. The van der Waals surface area contributed by atoms with E-state index in [-0.39, 0.29) is 0 Å². The lowest BCUT2D eigenvalue weighted by atomic mass is 10.2. The van der Waals surface area contributed by atoms with E-state index < -0.39 is 0 Å². The van der Waals surface area contributed by atoms with Crippen LogP contribution in [0.3, 0.4) is 0 Å². The van der Waals surface area contributed by atoms with Crippen LogP contribution in [-0.4, -0.2) is 4.98 Å². The van der Waals surface area contributed by atoms with Crippen LogP contribution in [0.1, 0.15) is 17.7 Å². The number of hydrogen-bond donors (Lipinski definition) is 2. The number of aromatic nitrogens is 1. The van der Waals surface area contributed by atoms with Crippen molar-refractivity contribution in [1.29, 1.82) is 0 Å². The number of hydrogen-bond acceptors (Lipinski definition) is 2. The Kier molecular flexibility index (Phi) is 1.46. The van der Waals surface area contributed by atoms with Crippen LogP contribution in [0.2, 0.25) is 0 Å². The standard InChI is InChI=1S/C8H10N2S/c9-6-4-5-2-1-3-7(5)10-8(6)11/h4H,1-3,9H2,(H,10,11). The highest BCUT2D eigenvalue weighted by atomic mass is 32.1. The summed E-state index contributed by atoms with van der Waals surface area (Å²) < 4.78 is 0.686. The van der Waals surface area contributed by atoms with Gasteiger partial charge in [0.2, 0.25) is 0 Å². The van der Waals surface area contributed by atoms with Gasteiger partial charge in [0.15, 0.2) is 0 Å². The molecular formula is C8H10N2S. The number of anilines is 1. The first kappa shape index (κ1) is 6.85. The Balaban J connectivity index is 2.66. The molecule has 2 nitrogen and oxygen atoms in total. The van der Waals surface area contributed by atoms with E-state index in [0.717, 1.165) is 12.8 Å². The van der Waals surface area contributed by atoms with Gasteiger partial charge in [-0.1, -0.05) is 12.2 Å². The highest BCUT2D eigenvalue weighted by Crippen LogP contribution is 2.21. The smallest absolute Gasteiger partial charge is 0.126 e. The largest absolute Gasteiger partial charge is 0.396 e. The fourth-order valence-electron chi connectivity index (χ4n) is 1.53. The van der Waals surface area contributed by atoms with Gasteiger partial charge in [0.05, 0.1) is 5.69 Å². The van der Waals surface area contributed by atoms with E-state index in [2.05, 4.69) is 4.98 Å². The molecule has 1 heterocycles. The fourth-order valence-corrected chi connectivity index (χ4v) is 1.71. The molecule has 3 heteroatoms. The average molecular weight is 166 g/mol. The molecule has 1 aliphatic rings. The SMILES string of the molecule is Nc1cc2c([nH]c1=S)CCC2. The van der Waals surface area contributed by atoms with E-state index in [1.165, 1.54) is 17.7 Å². The Bertz CT molecular complexity index is 340. The van der Waals surface area contributed by atoms with Crippen molar-refractivity contribution in [2.75, 3.05) is 5.73 Å². The second-order valence-corrected chi connectivity index (χ2v) is 3.32. The van der Waals surface area contributed by atoms with E-state index in [9.17, 15) is 0 Å². The highest BCUT2D eigenvalue weighted by molar-refractivity contribution is 7.71. The number of nitrogens with one attached hydrogen (secondary N) is 1. The molecule has 0 atom stereocenters. The maximum atomic E-state index is 5.66. The lowest BCUT2D eigenvalue weighted by molar-refractivity contribution is 0.899. The molecule has 0 spiro atoms. The summed E-state index contributed by atoms with van der Waals surface area (Å²) in [6, 6.07) is 2.00. The minimum Gasteiger partial charge on any atom is -0.396 e. The number of rotatable bonds is 0. The summed E-state index contributed by atoms with van der Waals surface area (Å²) in [5, 5.41) is 0. The zero-order valence-electron chi connectivity index (χ0n) is 6.18. The lowest BCUT2D eigenvalue weighted by Crippen LogP contribution is -1.94. The molecule has 0 fully saturated rings. The van der Waals surface area contributed by atoms with E-state index in [1.807, 2.05) is 6.07 Å². The summed E-state index contributed by atoms with van der Waals surface area (Å²) >= 11 is 5.01. The van der Waals surface area contributed by atoms with Gasteiger partial charge in [-0.3, -0.25) is 0 Å². The van der Waals surface area contributed by atoms with Crippen molar-refractivity contribution in [3.63, 3.8) is 0 Å². The number of aromatic amines is 1. The van der Waals surface area contributed by atoms with Crippen LogP contribution in [0.5, 0.6) is 0 Å². The van der Waals surface area contributed by atoms with Crippen molar-refractivity contribution >= 4 is 17.9 Å². The summed E-state index contributed by atoms with van der Waals surface area (Å²) in [7, 11) is 0. The summed E-state index contributed by atoms with van der Waals surface area (Å²) in [6.45, 7) is 0. The third-order valence-electron chi connectivity index (χ3n) is 2.12. The third kappa shape index (κ3) is 1.05. The predicted molar refractivity (Wildman–Crippen MR) is 48.1 cm³/mol. The van der Waals surface area contributed by atoms with E-state index >= 15 is 0 Å². The number of fused-ring (bicyclic) bond motifs is 1. The van der Waals surface area contributed by atoms with Gasteiger partial charge in [0, 0.05) is 5.69 Å². The Morgan fingerprint density at radius 3 is 3.09 bits per heavy atom. The fraction of sp³-hybridized carbons (Fsp3) is 0.375. The molecule has 2 rings (SSSR count). The minimum atomic E-state index is 0.686. The van der Waals surface area contributed by atoms with Gasteiger partial charge in [-0.2, -0.15) is 0 Å². The quantitative estimate of drug-likeness (QED) is 0.577. The number of nitrogens with two attached hydrogens (primary N) is 1. The van der Waals surface area contributed by atoms with Crippen LogP contribution in [0.15, 0.2) is 6.07 Å². The molecule has 1 aromatic rings. The average Bonchev–Trinajstić information content (AvgIpc) is 2.36. The highest BCUT2D eigenvalue weighted by Gasteiger charge is 2.11. The van der Waals surface area contributed by atoms with E-state index in [1.54, 1.807) is 0 Å². The summed E-state index contributed by atoms with van der Waals surface area (Å²) in [4.78, 5) is 3.15. The zero-order chi connectivity index (χ0) is 7.84. The number of pyridine rings is 1. The van der Waals surface area contributed by atoms with Crippen LogP contribution in [0.25, 0.3) is 0 Å². The van der Waals surface area contributed by atoms with Crippen LogP contribution >= 0.6 is 12.2 Å². The molecule has 58 valence electrons. The van der Waals surface area contributed by atoms with Crippen molar-refractivity contribution < 1.29 is 0 Å². The molecule has 0 bridgehead atoms. The van der Waals surface area contributed by atoms with Crippen molar-refractivity contribution in [3.05, 3.63) is 22.0 Å². The molecule has 0 aromatic carbocycles. The second-order valence-electron chi connectivity index (χ2n) is 2.91. The Morgan fingerprint density at radius 2 is 2.27 bits per heavy atom. The molecule has 0 unspecified atom stereocenters. The molecule has 0 amide bonds. The van der Waals surface area contributed by atoms with Crippen LogP contribution < -0.4 is 5.73 Å². The van der Waals surface area contributed by atoms with Crippen molar-refractivity contribution in [2.24, 2.45) is 0 Å². The Hall–Kier alpha value is -0.830. The first-order valence-electron chi connectivity index (χ1n) is 3.78. The van der Waals surface area contributed by atoms with Crippen molar-refractivity contribution in [1.82, 2.24) is 4.98 Å². The molecule has 11 heavy (non-hydrogen) atoms. The molecule has 0 aliphatic heterocycles. The monoisotopic (exact) mass is 166 g/mol. The van der Waals surface area contributed by atoms with Gasteiger partial charge in [-0.25, -0.2) is 0 Å². The van der Waals surface area contributed by atoms with Crippen LogP contribution in [0.4, 0.5) is 5.69 Å².